The maximum atomic E-state index is 12.5. The molecule has 1 aromatic heterocycles. The molecule has 0 fully saturated rings. The van der Waals surface area contributed by atoms with Crippen LogP contribution in [0.4, 0.5) is 0 Å². The fraction of sp³-hybridized carbons (Fsp3) is 0.333. The van der Waals surface area contributed by atoms with Crippen LogP contribution in [0.15, 0.2) is 47.6 Å². The van der Waals surface area contributed by atoms with Crippen LogP contribution in [0, 0.1) is 20.8 Å². The number of carbonyl (C=O) groups is 1. The molecule has 7 heteroatoms. The van der Waals surface area contributed by atoms with E-state index in [0.29, 0.717) is 5.16 Å². The zero-order valence-electron chi connectivity index (χ0n) is 16.6. The lowest BCUT2D eigenvalue weighted by Crippen LogP contribution is -2.29. The molecule has 0 spiro atoms. The first-order chi connectivity index (χ1) is 13.5. The highest BCUT2D eigenvalue weighted by Crippen LogP contribution is 2.23. The van der Waals surface area contributed by atoms with Gasteiger partial charge in [-0.3, -0.25) is 4.79 Å². The maximum Gasteiger partial charge on any atom is 0.230 e. The number of nitrogens with one attached hydrogen (secondary N) is 1. The molecule has 1 amide bonds. The van der Waals surface area contributed by atoms with E-state index in [0.717, 1.165) is 23.2 Å². The van der Waals surface area contributed by atoms with Gasteiger partial charge in [-0.15, -0.1) is 5.10 Å². The van der Waals surface area contributed by atoms with E-state index in [1.807, 2.05) is 19.1 Å². The van der Waals surface area contributed by atoms with Gasteiger partial charge in [0.05, 0.1) is 17.5 Å². The quantitative estimate of drug-likeness (QED) is 0.613. The molecule has 0 aliphatic heterocycles. The average Bonchev–Trinajstić information content (AvgIpc) is 3.16. The largest absolute Gasteiger partial charge is 0.349 e. The first-order valence-electron chi connectivity index (χ1n) is 9.33. The lowest BCUT2D eigenvalue weighted by molar-refractivity contribution is -0.119. The molecule has 0 radical (unpaired) electrons. The highest BCUT2D eigenvalue weighted by molar-refractivity contribution is 7.99. The summed E-state index contributed by atoms with van der Waals surface area (Å²) >= 11 is 1.34. The number of thioether (sulfide) groups is 1. The first-order valence-corrected chi connectivity index (χ1v) is 10.3. The van der Waals surface area contributed by atoms with Crippen molar-refractivity contribution in [2.24, 2.45) is 0 Å². The second-order valence-corrected chi connectivity index (χ2v) is 7.76. The number of tetrazole rings is 1. The van der Waals surface area contributed by atoms with Crippen molar-refractivity contribution in [3.63, 3.8) is 0 Å². The van der Waals surface area contributed by atoms with Crippen LogP contribution in [-0.4, -0.2) is 31.9 Å². The van der Waals surface area contributed by atoms with Crippen LogP contribution in [-0.2, 0) is 4.79 Å². The molecule has 0 unspecified atom stereocenters. The molecule has 3 aromatic rings. The highest BCUT2D eigenvalue weighted by Gasteiger charge is 2.16. The fourth-order valence-corrected chi connectivity index (χ4v) is 3.67. The lowest BCUT2D eigenvalue weighted by atomic mass is 10.0. The van der Waals surface area contributed by atoms with E-state index in [4.69, 9.17) is 0 Å². The van der Waals surface area contributed by atoms with Gasteiger partial charge >= 0.3 is 0 Å². The minimum atomic E-state index is -0.0343. The van der Waals surface area contributed by atoms with E-state index < -0.39 is 0 Å². The minimum Gasteiger partial charge on any atom is -0.349 e. The van der Waals surface area contributed by atoms with E-state index in [2.05, 4.69) is 71.9 Å². The van der Waals surface area contributed by atoms with Crippen molar-refractivity contribution in [3.05, 3.63) is 64.7 Å². The third kappa shape index (κ3) is 4.59. The van der Waals surface area contributed by atoms with Gasteiger partial charge in [-0.1, -0.05) is 60.6 Å². The number of amides is 1. The molecule has 0 saturated heterocycles. The molecule has 6 nitrogen and oxygen atoms in total. The number of carbonyl (C=O) groups excluding carboxylic acids is 1. The van der Waals surface area contributed by atoms with Crippen molar-refractivity contribution in [1.82, 2.24) is 25.5 Å². The van der Waals surface area contributed by atoms with E-state index in [1.54, 1.807) is 4.68 Å². The Kier molecular flexibility index (Phi) is 6.46. The molecule has 1 atom stereocenters. The Labute approximate surface area is 169 Å². The van der Waals surface area contributed by atoms with E-state index in [1.165, 1.54) is 22.9 Å². The van der Waals surface area contributed by atoms with Gasteiger partial charge in [0.15, 0.2) is 0 Å². The Morgan fingerprint density at radius 3 is 2.61 bits per heavy atom. The van der Waals surface area contributed by atoms with Crippen LogP contribution < -0.4 is 5.32 Å². The second-order valence-electron chi connectivity index (χ2n) is 6.82. The monoisotopic (exact) mass is 395 g/mol. The summed E-state index contributed by atoms with van der Waals surface area (Å²) in [6.07, 6.45) is 0.833. The summed E-state index contributed by atoms with van der Waals surface area (Å²) in [6, 6.07) is 14.3. The predicted octanol–water partition coefficient (Wildman–Crippen LogP) is 3.95. The Balaban J connectivity index is 1.66. The van der Waals surface area contributed by atoms with E-state index in [9.17, 15) is 4.79 Å². The summed E-state index contributed by atoms with van der Waals surface area (Å²) in [7, 11) is 0. The Bertz CT molecular complexity index is 952. The van der Waals surface area contributed by atoms with Gasteiger partial charge in [0.1, 0.15) is 0 Å². The molecule has 0 saturated carbocycles. The smallest absolute Gasteiger partial charge is 0.230 e. The number of nitrogens with zero attached hydrogens (tertiary/aromatic N) is 4. The van der Waals surface area contributed by atoms with Gasteiger partial charge in [0, 0.05) is 0 Å². The van der Waals surface area contributed by atoms with Gasteiger partial charge in [0.2, 0.25) is 11.1 Å². The summed E-state index contributed by atoms with van der Waals surface area (Å²) in [5, 5.41) is 15.7. The van der Waals surface area contributed by atoms with Crippen molar-refractivity contribution in [3.8, 4) is 5.69 Å². The summed E-state index contributed by atoms with van der Waals surface area (Å²) in [5.74, 6) is 0.223. The van der Waals surface area contributed by atoms with Crippen LogP contribution in [0.1, 0.15) is 41.6 Å². The molecule has 0 aliphatic carbocycles. The topological polar surface area (TPSA) is 72.7 Å². The maximum absolute atomic E-state index is 12.5. The lowest BCUT2D eigenvalue weighted by Gasteiger charge is -2.17. The molecule has 0 aliphatic rings. The van der Waals surface area contributed by atoms with Crippen molar-refractivity contribution < 1.29 is 4.79 Å². The first kappa shape index (κ1) is 20.1. The van der Waals surface area contributed by atoms with Crippen LogP contribution in [0.25, 0.3) is 5.69 Å². The number of hydrogen-bond donors (Lipinski definition) is 1. The third-order valence-electron chi connectivity index (χ3n) is 4.80. The normalized spacial score (nSPS) is 12.0. The Morgan fingerprint density at radius 2 is 1.89 bits per heavy atom. The molecule has 0 bridgehead atoms. The van der Waals surface area contributed by atoms with E-state index >= 15 is 0 Å². The molecule has 3 rings (SSSR count). The zero-order chi connectivity index (χ0) is 20.1. The van der Waals surface area contributed by atoms with Crippen molar-refractivity contribution in [1.29, 1.82) is 0 Å². The van der Waals surface area contributed by atoms with Gasteiger partial charge in [-0.05, 0) is 60.4 Å². The Hall–Kier alpha value is -2.67. The van der Waals surface area contributed by atoms with Gasteiger partial charge in [-0.25, -0.2) is 0 Å². The summed E-state index contributed by atoms with van der Waals surface area (Å²) < 4.78 is 1.69. The van der Waals surface area contributed by atoms with Crippen LogP contribution in [0.3, 0.4) is 0 Å². The zero-order valence-corrected chi connectivity index (χ0v) is 17.5. The SMILES string of the molecule is CC[C@@H](NC(=O)CSc1nnnn1-c1cccc(C)c1C)c1ccc(C)cc1. The van der Waals surface area contributed by atoms with Crippen molar-refractivity contribution in [2.45, 2.75) is 45.3 Å². The highest BCUT2D eigenvalue weighted by atomic mass is 32.2. The standard InChI is InChI=1S/C21H25N5OS/c1-5-18(17-11-9-14(2)10-12-17)22-20(27)13-28-21-23-24-25-26(21)19-8-6-7-15(3)16(19)4/h6-12,18H,5,13H2,1-4H3,(H,22,27)/t18-/m1/s1. The molecule has 28 heavy (non-hydrogen) atoms. The molecule has 2 aromatic carbocycles. The molecular weight excluding hydrogens is 370 g/mol. The van der Waals surface area contributed by atoms with E-state index in [-0.39, 0.29) is 17.7 Å². The summed E-state index contributed by atoms with van der Waals surface area (Å²) in [5.41, 5.74) is 5.54. The molecule has 1 N–H and O–H groups in total. The number of rotatable bonds is 7. The Morgan fingerprint density at radius 1 is 1.14 bits per heavy atom. The molecule has 146 valence electrons. The number of aryl methyl sites for hydroxylation is 2. The number of benzene rings is 2. The van der Waals surface area contributed by atoms with Crippen LogP contribution >= 0.6 is 11.8 Å². The minimum absolute atomic E-state index is 0.00344. The van der Waals surface area contributed by atoms with Gasteiger partial charge in [-0.2, -0.15) is 4.68 Å². The summed E-state index contributed by atoms with van der Waals surface area (Å²) in [4.78, 5) is 12.5. The molecular formula is C21H25N5OS. The van der Waals surface area contributed by atoms with Crippen LogP contribution in [0.2, 0.25) is 0 Å². The predicted molar refractivity (Wildman–Crippen MR) is 112 cm³/mol. The van der Waals surface area contributed by atoms with Gasteiger partial charge in [0.25, 0.3) is 0 Å². The number of aromatic nitrogens is 4. The van der Waals surface area contributed by atoms with Crippen molar-refractivity contribution >= 4 is 17.7 Å². The number of hydrogen-bond acceptors (Lipinski definition) is 5. The van der Waals surface area contributed by atoms with Crippen LogP contribution in [0.5, 0.6) is 0 Å². The summed E-state index contributed by atoms with van der Waals surface area (Å²) in [6.45, 7) is 8.22. The fourth-order valence-electron chi connectivity index (χ4n) is 2.97. The van der Waals surface area contributed by atoms with Gasteiger partial charge < -0.3 is 5.32 Å². The average molecular weight is 396 g/mol. The van der Waals surface area contributed by atoms with Crippen molar-refractivity contribution in [2.75, 3.05) is 5.75 Å². The third-order valence-corrected chi connectivity index (χ3v) is 5.72. The molecule has 1 heterocycles. The second kappa shape index (κ2) is 9.01.